The quantitative estimate of drug-likeness (QED) is 0.342. The lowest BCUT2D eigenvalue weighted by Crippen LogP contribution is -2.33. The molecule has 8 nitrogen and oxygen atoms in total. The molecule has 2 aromatic carbocycles. The van der Waals surface area contributed by atoms with Crippen LogP contribution in [0, 0.1) is 27.7 Å². The first-order valence-corrected chi connectivity index (χ1v) is 13.1. The van der Waals surface area contributed by atoms with Gasteiger partial charge in [0.25, 0.3) is 0 Å². The van der Waals surface area contributed by atoms with Crippen molar-refractivity contribution in [2.75, 3.05) is 68.6 Å². The summed E-state index contributed by atoms with van der Waals surface area (Å²) in [6, 6.07) is 8.84. The zero-order chi connectivity index (χ0) is 27.7. The smallest absolute Gasteiger partial charge is 0.335 e. The van der Waals surface area contributed by atoms with Crippen LogP contribution in [-0.2, 0) is 9.47 Å². The molecule has 0 fully saturated rings. The molecule has 0 radical (unpaired) electrons. The van der Waals surface area contributed by atoms with Gasteiger partial charge < -0.3 is 9.47 Å². The van der Waals surface area contributed by atoms with Crippen LogP contribution in [0.5, 0.6) is 0 Å². The van der Waals surface area contributed by atoms with E-state index in [1.165, 1.54) is 11.1 Å². The molecule has 2 aromatic rings. The van der Waals surface area contributed by atoms with Gasteiger partial charge >= 0.3 is 23.5 Å². The summed E-state index contributed by atoms with van der Waals surface area (Å²) < 4.78 is 15.9. The van der Waals surface area contributed by atoms with Gasteiger partial charge in [-0.15, -0.1) is 0 Å². The Morgan fingerprint density at radius 1 is 0.658 bits per heavy atom. The van der Waals surface area contributed by atoms with Crippen molar-refractivity contribution < 1.29 is 18.6 Å². The van der Waals surface area contributed by atoms with Crippen LogP contribution in [0.4, 0.5) is 11.4 Å². The van der Waals surface area contributed by atoms with Crippen LogP contribution < -0.4 is 0 Å². The number of hydrogen-bond donors (Lipinski definition) is 0. The highest BCUT2D eigenvalue weighted by Gasteiger charge is 2.32. The van der Waals surface area contributed by atoms with Crippen molar-refractivity contribution in [3.05, 3.63) is 46.5 Å². The Hall–Kier alpha value is -3.68. The number of aryl methyl sites for hydroxylation is 4. The predicted octanol–water partition coefficient (Wildman–Crippen LogP) is 3.91. The largest absolute Gasteiger partial charge is 0.475 e. The van der Waals surface area contributed by atoms with Crippen molar-refractivity contribution >= 4 is 34.8 Å². The van der Waals surface area contributed by atoms with E-state index in [4.69, 9.17) is 19.5 Å². The first kappa shape index (κ1) is 27.4. The van der Waals surface area contributed by atoms with Crippen LogP contribution in [0.1, 0.15) is 22.3 Å². The summed E-state index contributed by atoms with van der Waals surface area (Å²) in [5.74, 6) is 3.32. The van der Waals surface area contributed by atoms with Crippen LogP contribution in [0.25, 0.3) is 11.1 Å². The topological polar surface area (TPSA) is 55.7 Å². The fourth-order valence-electron chi connectivity index (χ4n) is 5.43. The maximum atomic E-state index is 5.74. The molecule has 2 heterocycles. The Kier molecular flexibility index (Phi) is 7.90. The van der Waals surface area contributed by atoms with E-state index in [0.29, 0.717) is 11.8 Å². The van der Waals surface area contributed by atoms with Crippen LogP contribution in [0.3, 0.4) is 0 Å². The van der Waals surface area contributed by atoms with E-state index >= 15 is 0 Å². The van der Waals surface area contributed by atoms with Gasteiger partial charge in [0.15, 0.2) is 0 Å². The summed E-state index contributed by atoms with van der Waals surface area (Å²) in [4.78, 5) is 14.3. The fourth-order valence-corrected chi connectivity index (χ4v) is 5.43. The van der Waals surface area contributed by atoms with Crippen LogP contribution in [-0.4, -0.2) is 111 Å². The molecule has 38 heavy (non-hydrogen) atoms. The molecule has 2 aliphatic rings. The lowest BCUT2D eigenvalue weighted by Gasteiger charge is -2.15. The van der Waals surface area contributed by atoms with Crippen molar-refractivity contribution in [1.29, 1.82) is 0 Å². The summed E-state index contributed by atoms with van der Waals surface area (Å²) in [5.41, 5.74) is 8.68. The Morgan fingerprint density at radius 3 is 1.21 bits per heavy atom. The molecule has 2 aliphatic heterocycles. The maximum absolute atomic E-state index is 5.74. The predicted molar refractivity (Wildman–Crippen MR) is 156 cm³/mol. The molecular formula is C30H42N6O2+2. The standard InChI is InChI=1S/C30H42N6O2/c1-19-15-23(16-20(2)25(19)31-27(37-9)29-33(5)11-12-34(29)6)24-17-21(3)26(22(4)18-24)32-28(38-10)30-35(7)13-14-36(30)8/h15-18H,11-14H2,1-10H3/q+2. The number of hydrogen-bond acceptors (Lipinski definition) is 6. The third-order valence-corrected chi connectivity index (χ3v) is 7.50. The molecule has 0 aromatic heterocycles. The number of amidine groups is 2. The highest BCUT2D eigenvalue weighted by molar-refractivity contribution is 6.36. The van der Waals surface area contributed by atoms with Gasteiger partial charge in [0.2, 0.25) is 0 Å². The monoisotopic (exact) mass is 518 g/mol. The zero-order valence-electron chi connectivity index (χ0n) is 24.6. The van der Waals surface area contributed by atoms with Crippen molar-refractivity contribution in [1.82, 2.24) is 9.80 Å². The fraction of sp³-hybridized carbons (Fsp3) is 0.467. The number of likely N-dealkylation sites (N-methyl/N-ethyl adjacent to an activating group) is 4. The van der Waals surface area contributed by atoms with E-state index in [2.05, 4.69) is 99.1 Å². The average molecular weight is 519 g/mol. The van der Waals surface area contributed by atoms with Crippen molar-refractivity contribution in [3.63, 3.8) is 0 Å². The van der Waals surface area contributed by atoms with Gasteiger partial charge in [-0.05, 0) is 85.3 Å². The number of aliphatic imine (C=N–C) groups is 2. The molecule has 0 spiro atoms. The van der Waals surface area contributed by atoms with Crippen molar-refractivity contribution in [3.8, 4) is 11.1 Å². The van der Waals surface area contributed by atoms with Gasteiger partial charge in [-0.1, -0.05) is 0 Å². The highest BCUT2D eigenvalue weighted by Crippen LogP contribution is 2.35. The molecule has 0 aliphatic carbocycles. The van der Waals surface area contributed by atoms with Gasteiger partial charge in [0.05, 0.1) is 53.8 Å². The third-order valence-electron chi connectivity index (χ3n) is 7.50. The number of ether oxygens (including phenoxy) is 2. The molecule has 0 saturated carbocycles. The van der Waals surface area contributed by atoms with E-state index in [1.807, 2.05) is 0 Å². The van der Waals surface area contributed by atoms with Gasteiger partial charge in [0, 0.05) is 0 Å². The van der Waals surface area contributed by atoms with Crippen molar-refractivity contribution in [2.45, 2.75) is 27.7 Å². The molecular weight excluding hydrogens is 476 g/mol. The SMILES string of the molecule is COC(=Nc1c(C)cc(-c2cc(C)c(N=C(OC)C3=[N+](C)CCN3C)c(C)c2)cc1C)C1=[N+](C)CCN1C. The summed E-state index contributed by atoms with van der Waals surface area (Å²) in [5, 5.41) is 0. The second-order valence-corrected chi connectivity index (χ2v) is 10.5. The van der Waals surface area contributed by atoms with Crippen LogP contribution in [0.2, 0.25) is 0 Å². The molecule has 0 unspecified atom stereocenters. The lowest BCUT2D eigenvalue weighted by molar-refractivity contribution is -0.485. The van der Waals surface area contributed by atoms with E-state index in [-0.39, 0.29) is 0 Å². The van der Waals surface area contributed by atoms with E-state index in [1.54, 1.807) is 14.2 Å². The summed E-state index contributed by atoms with van der Waals surface area (Å²) >= 11 is 0. The second kappa shape index (κ2) is 11.0. The zero-order valence-corrected chi connectivity index (χ0v) is 24.6. The van der Waals surface area contributed by atoms with E-state index < -0.39 is 0 Å². The third kappa shape index (κ3) is 5.17. The Bertz CT molecular complexity index is 1230. The molecule has 0 bridgehead atoms. The number of nitrogens with zero attached hydrogens (tertiary/aromatic N) is 6. The minimum Gasteiger partial charge on any atom is -0.475 e. The first-order chi connectivity index (χ1) is 18.0. The summed E-state index contributed by atoms with van der Waals surface area (Å²) in [6.45, 7) is 12.3. The molecule has 0 N–H and O–H groups in total. The molecule has 8 heteroatoms. The van der Waals surface area contributed by atoms with E-state index in [9.17, 15) is 0 Å². The Labute approximate surface area is 227 Å². The minimum absolute atomic E-state index is 0.644. The Balaban J connectivity index is 1.71. The minimum atomic E-state index is 0.644. The van der Waals surface area contributed by atoms with Crippen LogP contribution in [0.15, 0.2) is 34.3 Å². The highest BCUT2D eigenvalue weighted by atomic mass is 16.5. The molecule has 0 amide bonds. The van der Waals surface area contributed by atoms with Gasteiger partial charge in [-0.2, -0.15) is 0 Å². The normalized spacial score (nSPS) is 16.8. The summed E-state index contributed by atoms with van der Waals surface area (Å²) in [7, 11) is 11.7. The van der Waals surface area contributed by atoms with Gasteiger partial charge in [-0.25, -0.2) is 9.98 Å². The molecule has 0 saturated heterocycles. The molecule has 202 valence electrons. The molecule has 4 rings (SSSR count). The summed E-state index contributed by atoms with van der Waals surface area (Å²) in [6.07, 6.45) is 0. The molecule has 0 atom stereocenters. The van der Waals surface area contributed by atoms with Gasteiger partial charge in [0.1, 0.15) is 26.2 Å². The van der Waals surface area contributed by atoms with Crippen LogP contribution >= 0.6 is 0 Å². The lowest BCUT2D eigenvalue weighted by atomic mass is 9.95. The second-order valence-electron chi connectivity index (χ2n) is 10.5. The van der Waals surface area contributed by atoms with E-state index in [0.717, 1.165) is 71.5 Å². The van der Waals surface area contributed by atoms with Gasteiger partial charge in [-0.3, -0.25) is 19.0 Å². The Morgan fingerprint density at radius 2 is 0.974 bits per heavy atom. The first-order valence-electron chi connectivity index (χ1n) is 13.1. The average Bonchev–Trinajstić information content (AvgIpc) is 3.38. The number of rotatable bonds is 5. The maximum Gasteiger partial charge on any atom is 0.335 e. The number of benzene rings is 2. The van der Waals surface area contributed by atoms with Crippen molar-refractivity contribution in [2.24, 2.45) is 9.98 Å². The number of methoxy groups -OCH3 is 2.